The lowest BCUT2D eigenvalue weighted by Gasteiger charge is -2.26. The molecule has 1 unspecified atom stereocenters. The second kappa shape index (κ2) is 8.98. The van der Waals surface area contributed by atoms with Gasteiger partial charge in [0.05, 0.1) is 6.04 Å². The van der Waals surface area contributed by atoms with E-state index in [1.165, 1.54) is 31.4 Å². The van der Waals surface area contributed by atoms with Crippen LogP contribution in [0.4, 0.5) is 14.9 Å². The van der Waals surface area contributed by atoms with Gasteiger partial charge in [-0.1, -0.05) is 6.42 Å². The molecule has 2 saturated heterocycles. The van der Waals surface area contributed by atoms with Gasteiger partial charge in [-0.25, -0.2) is 9.18 Å². The summed E-state index contributed by atoms with van der Waals surface area (Å²) in [5.74, 6) is -0.397. The first-order valence-corrected chi connectivity index (χ1v) is 9.44. The van der Waals surface area contributed by atoms with Crippen LogP contribution in [0.1, 0.15) is 32.1 Å². The van der Waals surface area contributed by atoms with Crippen LogP contribution in [0.15, 0.2) is 24.3 Å². The minimum absolute atomic E-state index is 0.0630. The first kappa shape index (κ1) is 18.6. The summed E-state index contributed by atoms with van der Waals surface area (Å²) < 4.78 is 13.0. The number of carbonyl (C=O) groups excluding carboxylic acids is 2. The fraction of sp³-hybridized carbons (Fsp3) is 0.579. The van der Waals surface area contributed by atoms with Gasteiger partial charge in [0, 0.05) is 25.2 Å². The molecule has 2 heterocycles. The highest BCUT2D eigenvalue weighted by Gasteiger charge is 2.31. The average Bonchev–Trinajstić information content (AvgIpc) is 3.00. The fourth-order valence-electron chi connectivity index (χ4n) is 3.60. The Balaban J connectivity index is 1.36. The van der Waals surface area contributed by atoms with E-state index >= 15 is 0 Å². The number of anilines is 1. The largest absolute Gasteiger partial charge is 0.338 e. The van der Waals surface area contributed by atoms with E-state index in [-0.39, 0.29) is 30.2 Å². The molecule has 2 aliphatic heterocycles. The molecule has 3 amide bonds. The minimum Gasteiger partial charge on any atom is -0.338 e. The maximum absolute atomic E-state index is 13.0. The Morgan fingerprint density at radius 3 is 2.62 bits per heavy atom. The van der Waals surface area contributed by atoms with Crippen LogP contribution < -0.4 is 15.5 Å². The van der Waals surface area contributed by atoms with E-state index in [0.717, 1.165) is 26.1 Å². The molecule has 0 aromatic heterocycles. The molecule has 1 atom stereocenters. The third kappa shape index (κ3) is 5.17. The number of hydrogen-bond acceptors (Lipinski definition) is 3. The predicted molar refractivity (Wildman–Crippen MR) is 98.6 cm³/mol. The molecule has 0 spiro atoms. The van der Waals surface area contributed by atoms with Gasteiger partial charge in [0.15, 0.2) is 0 Å². The number of carbonyl (C=O) groups is 2. The van der Waals surface area contributed by atoms with Gasteiger partial charge in [0.1, 0.15) is 5.82 Å². The average molecular weight is 362 g/mol. The molecule has 0 radical (unpaired) electrons. The van der Waals surface area contributed by atoms with Gasteiger partial charge >= 0.3 is 6.03 Å². The molecule has 26 heavy (non-hydrogen) atoms. The molecule has 2 N–H and O–H groups in total. The van der Waals surface area contributed by atoms with Gasteiger partial charge in [-0.2, -0.15) is 0 Å². The van der Waals surface area contributed by atoms with E-state index in [9.17, 15) is 14.0 Å². The molecule has 6 nitrogen and oxygen atoms in total. The molecule has 1 aromatic carbocycles. The zero-order valence-electron chi connectivity index (χ0n) is 15.0. The van der Waals surface area contributed by atoms with Crippen LogP contribution >= 0.6 is 0 Å². The fourth-order valence-corrected chi connectivity index (χ4v) is 3.60. The molecule has 1 aromatic rings. The molecule has 0 bridgehead atoms. The highest BCUT2D eigenvalue weighted by Crippen LogP contribution is 2.21. The van der Waals surface area contributed by atoms with Gasteiger partial charge in [-0.15, -0.1) is 0 Å². The number of amides is 3. The number of rotatable bonds is 6. The smallest absolute Gasteiger partial charge is 0.315 e. The van der Waals surface area contributed by atoms with Crippen LogP contribution in [0.5, 0.6) is 0 Å². The Morgan fingerprint density at radius 1 is 1.15 bits per heavy atom. The van der Waals surface area contributed by atoms with E-state index in [1.807, 2.05) is 0 Å². The quantitative estimate of drug-likeness (QED) is 0.762. The van der Waals surface area contributed by atoms with Gasteiger partial charge in [0.25, 0.3) is 0 Å². The van der Waals surface area contributed by atoms with Crippen molar-refractivity contribution < 1.29 is 14.0 Å². The van der Waals surface area contributed by atoms with Gasteiger partial charge in [0.2, 0.25) is 5.91 Å². The van der Waals surface area contributed by atoms with E-state index < -0.39 is 0 Å². The van der Waals surface area contributed by atoms with Crippen LogP contribution in [-0.4, -0.2) is 55.6 Å². The first-order chi connectivity index (χ1) is 12.6. The summed E-state index contributed by atoms with van der Waals surface area (Å²) in [4.78, 5) is 28.2. The normalized spacial score (nSPS) is 21.0. The van der Waals surface area contributed by atoms with E-state index in [0.29, 0.717) is 18.8 Å². The van der Waals surface area contributed by atoms with E-state index in [4.69, 9.17) is 0 Å². The Bertz CT molecular complexity index is 616. The molecule has 3 rings (SSSR count). The van der Waals surface area contributed by atoms with Crippen molar-refractivity contribution in [3.8, 4) is 0 Å². The van der Waals surface area contributed by atoms with Crippen molar-refractivity contribution in [3.05, 3.63) is 30.1 Å². The summed E-state index contributed by atoms with van der Waals surface area (Å²) in [7, 11) is 0. The number of piperidine rings is 1. The lowest BCUT2D eigenvalue weighted by molar-refractivity contribution is -0.117. The van der Waals surface area contributed by atoms with Crippen LogP contribution in [0.2, 0.25) is 0 Å². The summed E-state index contributed by atoms with van der Waals surface area (Å²) in [5.41, 5.74) is 0.655. The topological polar surface area (TPSA) is 64.7 Å². The Morgan fingerprint density at radius 2 is 1.88 bits per heavy atom. The summed E-state index contributed by atoms with van der Waals surface area (Å²) in [6, 6.07) is 5.36. The first-order valence-electron chi connectivity index (χ1n) is 9.44. The van der Waals surface area contributed by atoms with E-state index in [1.54, 1.807) is 17.0 Å². The number of likely N-dealkylation sites (tertiary alicyclic amines) is 1. The van der Waals surface area contributed by atoms with Gasteiger partial charge in [-0.05, 0) is 63.2 Å². The standard InChI is InChI=1S/C19H27FN4O2/c20-15-5-7-17(8-6-15)24-14-16(13-18(24)25)22-19(26)21-9-4-12-23-10-2-1-3-11-23/h5-8,16H,1-4,9-14H2,(H2,21,22,26). The van der Waals surface area contributed by atoms with Crippen molar-refractivity contribution in [2.24, 2.45) is 0 Å². The van der Waals surface area contributed by atoms with Crippen molar-refractivity contribution >= 4 is 17.6 Å². The summed E-state index contributed by atoms with van der Waals surface area (Å²) in [6.45, 7) is 4.38. The predicted octanol–water partition coefficient (Wildman–Crippen LogP) is 2.11. The number of benzene rings is 1. The lowest BCUT2D eigenvalue weighted by Crippen LogP contribution is -2.44. The van der Waals surface area contributed by atoms with Crippen molar-refractivity contribution in [1.82, 2.24) is 15.5 Å². The van der Waals surface area contributed by atoms with Crippen molar-refractivity contribution in [1.29, 1.82) is 0 Å². The second-order valence-electron chi connectivity index (χ2n) is 7.04. The van der Waals surface area contributed by atoms with Crippen molar-refractivity contribution in [2.45, 2.75) is 38.1 Å². The van der Waals surface area contributed by atoms with Crippen molar-refractivity contribution in [3.63, 3.8) is 0 Å². The zero-order chi connectivity index (χ0) is 18.4. The molecule has 0 saturated carbocycles. The third-order valence-electron chi connectivity index (χ3n) is 4.98. The highest BCUT2D eigenvalue weighted by atomic mass is 19.1. The highest BCUT2D eigenvalue weighted by molar-refractivity contribution is 5.96. The lowest BCUT2D eigenvalue weighted by atomic mass is 10.1. The van der Waals surface area contributed by atoms with Crippen LogP contribution in [-0.2, 0) is 4.79 Å². The molecule has 7 heteroatoms. The second-order valence-corrected chi connectivity index (χ2v) is 7.04. The maximum atomic E-state index is 13.0. The summed E-state index contributed by atoms with van der Waals surface area (Å²) >= 11 is 0. The minimum atomic E-state index is -0.334. The molecule has 2 fully saturated rings. The molecule has 2 aliphatic rings. The van der Waals surface area contributed by atoms with E-state index in [2.05, 4.69) is 15.5 Å². The number of urea groups is 1. The molecular formula is C19H27FN4O2. The van der Waals surface area contributed by atoms with Crippen LogP contribution in [0, 0.1) is 5.82 Å². The van der Waals surface area contributed by atoms with Gasteiger partial charge in [-0.3, -0.25) is 4.79 Å². The summed E-state index contributed by atoms with van der Waals surface area (Å²) in [6.07, 6.45) is 5.06. The van der Waals surface area contributed by atoms with Crippen molar-refractivity contribution in [2.75, 3.05) is 37.6 Å². The Kier molecular flexibility index (Phi) is 6.44. The summed E-state index contributed by atoms with van der Waals surface area (Å²) in [5, 5.41) is 5.73. The maximum Gasteiger partial charge on any atom is 0.315 e. The third-order valence-corrected chi connectivity index (χ3v) is 4.98. The van der Waals surface area contributed by atoms with Crippen LogP contribution in [0.3, 0.4) is 0 Å². The number of halogens is 1. The zero-order valence-corrected chi connectivity index (χ0v) is 15.0. The number of hydrogen-bond donors (Lipinski definition) is 2. The molecule has 142 valence electrons. The number of nitrogens with zero attached hydrogens (tertiary/aromatic N) is 2. The van der Waals surface area contributed by atoms with Gasteiger partial charge < -0.3 is 20.4 Å². The Labute approximate surface area is 153 Å². The SMILES string of the molecule is O=C(NCCCN1CCCCC1)NC1CC(=O)N(c2ccc(F)cc2)C1. The number of nitrogens with one attached hydrogen (secondary N) is 2. The molecule has 0 aliphatic carbocycles. The monoisotopic (exact) mass is 362 g/mol. The van der Waals surface area contributed by atoms with Crippen LogP contribution in [0.25, 0.3) is 0 Å². The molecular weight excluding hydrogens is 335 g/mol. The Hall–Kier alpha value is -2.15.